The molecule has 2 rings (SSSR count). The third kappa shape index (κ3) is 3.14. The Morgan fingerprint density at radius 1 is 1.41 bits per heavy atom. The van der Waals surface area contributed by atoms with Crippen LogP contribution in [0.1, 0.15) is 12.0 Å². The average Bonchev–Trinajstić information content (AvgIpc) is 2.26. The van der Waals surface area contributed by atoms with Crippen molar-refractivity contribution < 1.29 is 27.0 Å². The molecule has 0 fully saturated rings. The van der Waals surface area contributed by atoms with Crippen molar-refractivity contribution >= 4 is 16.9 Å². The SMILES string of the molecule is Cc1c[n+](CCC(=O)O)nc2ccccc12.[Cl-]. The first-order chi connectivity index (χ1) is 7.66. The number of halogens is 1. The van der Waals surface area contributed by atoms with Crippen molar-refractivity contribution in [1.82, 2.24) is 5.10 Å². The minimum Gasteiger partial charge on any atom is -1.00 e. The molecule has 4 nitrogen and oxygen atoms in total. The van der Waals surface area contributed by atoms with E-state index in [0.717, 1.165) is 16.5 Å². The number of benzene rings is 1. The molecule has 0 atom stereocenters. The number of hydrogen-bond acceptors (Lipinski definition) is 2. The largest absolute Gasteiger partial charge is 1.00 e. The van der Waals surface area contributed by atoms with E-state index in [1.807, 2.05) is 37.4 Å². The van der Waals surface area contributed by atoms with E-state index in [1.54, 1.807) is 4.68 Å². The summed E-state index contributed by atoms with van der Waals surface area (Å²) in [7, 11) is 0. The van der Waals surface area contributed by atoms with Crippen molar-refractivity contribution in [1.29, 1.82) is 0 Å². The van der Waals surface area contributed by atoms with Gasteiger partial charge in [0.05, 0.1) is 0 Å². The Labute approximate surface area is 105 Å². The molecule has 0 spiro atoms. The third-order valence-electron chi connectivity index (χ3n) is 2.46. The normalized spacial score (nSPS) is 9.94. The van der Waals surface area contributed by atoms with Gasteiger partial charge in [-0.25, -0.2) is 0 Å². The van der Waals surface area contributed by atoms with Crippen molar-refractivity contribution in [3.8, 4) is 0 Å². The monoisotopic (exact) mass is 252 g/mol. The van der Waals surface area contributed by atoms with Gasteiger partial charge in [-0.15, -0.1) is 0 Å². The topological polar surface area (TPSA) is 54.1 Å². The minimum atomic E-state index is -0.805. The minimum absolute atomic E-state index is 0. The van der Waals surface area contributed by atoms with Crippen molar-refractivity contribution in [2.24, 2.45) is 0 Å². The molecule has 0 aliphatic carbocycles. The Morgan fingerprint density at radius 3 is 2.82 bits per heavy atom. The molecule has 1 aromatic carbocycles. The molecular weight excluding hydrogens is 240 g/mol. The Morgan fingerprint density at radius 2 is 2.12 bits per heavy atom. The van der Waals surface area contributed by atoms with E-state index >= 15 is 0 Å². The number of carbonyl (C=O) groups is 1. The van der Waals surface area contributed by atoms with Gasteiger partial charge in [-0.2, -0.15) is 0 Å². The molecule has 0 aliphatic heterocycles. The molecule has 2 aromatic rings. The highest BCUT2D eigenvalue weighted by atomic mass is 35.5. The fourth-order valence-electron chi connectivity index (χ4n) is 1.68. The van der Waals surface area contributed by atoms with E-state index in [4.69, 9.17) is 5.11 Å². The molecule has 0 amide bonds. The highest BCUT2D eigenvalue weighted by Gasteiger charge is 2.10. The van der Waals surface area contributed by atoms with E-state index < -0.39 is 5.97 Å². The summed E-state index contributed by atoms with van der Waals surface area (Å²) in [5, 5.41) is 14.1. The van der Waals surface area contributed by atoms with Gasteiger partial charge in [-0.05, 0) is 13.0 Å². The molecule has 1 aromatic heterocycles. The first-order valence-corrected chi connectivity index (χ1v) is 5.15. The summed E-state index contributed by atoms with van der Waals surface area (Å²) in [6.45, 7) is 2.41. The van der Waals surface area contributed by atoms with E-state index in [-0.39, 0.29) is 18.8 Å². The number of carboxylic acid groups (broad SMARTS) is 1. The van der Waals surface area contributed by atoms with Crippen molar-refractivity contribution in [2.45, 2.75) is 19.9 Å². The number of aromatic nitrogens is 2. The summed E-state index contributed by atoms with van der Waals surface area (Å²) in [5.74, 6) is -0.805. The van der Waals surface area contributed by atoms with Crippen LogP contribution in [0.2, 0.25) is 0 Å². The summed E-state index contributed by atoms with van der Waals surface area (Å²) >= 11 is 0. The summed E-state index contributed by atoms with van der Waals surface area (Å²) in [4.78, 5) is 10.5. The molecule has 1 N–H and O–H groups in total. The second-order valence-corrected chi connectivity index (χ2v) is 3.74. The van der Waals surface area contributed by atoms with Gasteiger partial charge in [-0.3, -0.25) is 4.79 Å². The molecule has 0 aliphatic rings. The van der Waals surface area contributed by atoms with Gasteiger partial charge in [-0.1, -0.05) is 22.9 Å². The van der Waals surface area contributed by atoms with E-state index in [2.05, 4.69) is 5.10 Å². The second kappa shape index (κ2) is 5.59. The molecule has 1 heterocycles. The smallest absolute Gasteiger partial charge is 0.309 e. The summed E-state index contributed by atoms with van der Waals surface area (Å²) in [5.41, 5.74) is 2.00. The first-order valence-electron chi connectivity index (χ1n) is 5.15. The fourth-order valence-corrected chi connectivity index (χ4v) is 1.68. The number of hydrogen-bond donors (Lipinski definition) is 1. The van der Waals surface area contributed by atoms with Crippen LogP contribution in [-0.2, 0) is 11.3 Å². The van der Waals surface area contributed by atoms with E-state index in [9.17, 15) is 4.79 Å². The maximum absolute atomic E-state index is 10.5. The van der Waals surface area contributed by atoms with Crippen LogP contribution in [0.25, 0.3) is 10.9 Å². The predicted molar refractivity (Wildman–Crippen MR) is 58.9 cm³/mol. The second-order valence-electron chi connectivity index (χ2n) is 3.74. The molecule has 5 heteroatoms. The molecule has 0 saturated heterocycles. The lowest BCUT2D eigenvalue weighted by Gasteiger charge is -1.99. The van der Waals surface area contributed by atoms with Crippen LogP contribution in [0.3, 0.4) is 0 Å². The number of aryl methyl sites for hydroxylation is 2. The fraction of sp³-hybridized carbons (Fsp3) is 0.250. The van der Waals surface area contributed by atoms with Crippen LogP contribution in [0.5, 0.6) is 0 Å². The molecule has 90 valence electrons. The standard InChI is InChI=1S/C12H12N2O2.ClH/c1-9-8-14(7-6-12(15)16)13-11-5-3-2-4-10(9)11;/h2-5,8H,6-7H2,1H3;1H. The molecule has 0 radical (unpaired) electrons. The van der Waals surface area contributed by atoms with Gasteiger partial charge >= 0.3 is 5.97 Å². The van der Waals surface area contributed by atoms with E-state index in [1.165, 1.54) is 0 Å². The summed E-state index contributed by atoms with van der Waals surface area (Å²) in [6, 6.07) is 7.84. The highest BCUT2D eigenvalue weighted by molar-refractivity contribution is 5.80. The van der Waals surface area contributed by atoms with Gasteiger partial charge in [0.2, 0.25) is 0 Å². The maximum atomic E-state index is 10.5. The van der Waals surface area contributed by atoms with Crippen LogP contribution in [0.4, 0.5) is 0 Å². The Bertz CT molecular complexity index is 543. The molecule has 0 saturated carbocycles. The average molecular weight is 253 g/mol. The first kappa shape index (κ1) is 13.4. The number of nitrogens with zero attached hydrogens (tertiary/aromatic N) is 2. The lowest BCUT2D eigenvalue weighted by Crippen LogP contribution is -3.00. The van der Waals surface area contributed by atoms with Crippen LogP contribution < -0.4 is 17.1 Å². The molecule has 0 unspecified atom stereocenters. The zero-order chi connectivity index (χ0) is 11.5. The van der Waals surface area contributed by atoms with Gasteiger partial charge in [0.25, 0.3) is 0 Å². The van der Waals surface area contributed by atoms with Crippen molar-refractivity contribution in [2.75, 3.05) is 0 Å². The maximum Gasteiger partial charge on any atom is 0.309 e. The Kier molecular flexibility index (Phi) is 4.40. The highest BCUT2D eigenvalue weighted by Crippen LogP contribution is 2.12. The number of rotatable bonds is 3. The zero-order valence-electron chi connectivity index (χ0n) is 9.43. The molecular formula is C12H13ClN2O2. The third-order valence-corrected chi connectivity index (χ3v) is 2.46. The number of fused-ring (bicyclic) bond motifs is 1. The Hall–Kier alpha value is -1.68. The van der Waals surface area contributed by atoms with E-state index in [0.29, 0.717) is 6.54 Å². The quantitative estimate of drug-likeness (QED) is 0.664. The van der Waals surface area contributed by atoms with Gasteiger partial charge in [0.1, 0.15) is 11.9 Å². The molecule has 17 heavy (non-hydrogen) atoms. The number of aliphatic carboxylic acids is 1. The van der Waals surface area contributed by atoms with Crippen LogP contribution in [0.15, 0.2) is 30.5 Å². The predicted octanol–water partition coefficient (Wildman–Crippen LogP) is -1.69. The van der Waals surface area contributed by atoms with Crippen molar-refractivity contribution in [3.63, 3.8) is 0 Å². The van der Waals surface area contributed by atoms with Gasteiger partial charge in [0, 0.05) is 16.0 Å². The van der Waals surface area contributed by atoms with Crippen LogP contribution in [0, 0.1) is 6.92 Å². The summed E-state index contributed by atoms with van der Waals surface area (Å²) in [6.07, 6.45) is 1.97. The summed E-state index contributed by atoms with van der Waals surface area (Å²) < 4.78 is 1.69. The Balaban J connectivity index is 0.00000144. The van der Waals surface area contributed by atoms with Crippen LogP contribution in [-0.4, -0.2) is 16.2 Å². The molecule has 0 bridgehead atoms. The van der Waals surface area contributed by atoms with Crippen molar-refractivity contribution in [3.05, 3.63) is 36.0 Å². The zero-order valence-corrected chi connectivity index (χ0v) is 10.2. The van der Waals surface area contributed by atoms with Crippen LogP contribution >= 0.6 is 0 Å². The van der Waals surface area contributed by atoms with Gasteiger partial charge < -0.3 is 17.5 Å². The number of carboxylic acids is 1. The van der Waals surface area contributed by atoms with Gasteiger partial charge in [0.15, 0.2) is 12.7 Å². The lowest BCUT2D eigenvalue weighted by molar-refractivity contribution is -0.751. The lowest BCUT2D eigenvalue weighted by atomic mass is 10.1.